The van der Waals surface area contributed by atoms with Crippen LogP contribution in [0.4, 0.5) is 10.1 Å². The van der Waals surface area contributed by atoms with Gasteiger partial charge >= 0.3 is 0 Å². The second kappa shape index (κ2) is 6.94. The molecular formula is C20H12ClFN2O4. The maximum absolute atomic E-state index is 13.6. The van der Waals surface area contributed by atoms with Gasteiger partial charge in [-0.1, -0.05) is 11.6 Å². The number of furan rings is 1. The molecule has 1 amide bonds. The third-order valence-corrected chi connectivity index (χ3v) is 4.69. The monoisotopic (exact) mass is 398 g/mol. The number of amides is 1. The molecular weight excluding hydrogens is 387 g/mol. The number of halogens is 2. The highest BCUT2D eigenvalue weighted by molar-refractivity contribution is 6.31. The van der Waals surface area contributed by atoms with Gasteiger partial charge in [-0.2, -0.15) is 0 Å². The Morgan fingerprint density at radius 1 is 1.21 bits per heavy atom. The highest BCUT2D eigenvalue weighted by atomic mass is 35.5. The highest BCUT2D eigenvalue weighted by Crippen LogP contribution is 2.42. The lowest BCUT2D eigenvalue weighted by Gasteiger charge is -2.26. The summed E-state index contributed by atoms with van der Waals surface area (Å²) in [6.45, 7) is 0. The van der Waals surface area contributed by atoms with Crippen LogP contribution < -0.4 is 4.90 Å². The topological polar surface area (TPSA) is 83.6 Å². The van der Waals surface area contributed by atoms with E-state index in [-0.39, 0.29) is 22.0 Å². The Morgan fingerprint density at radius 3 is 2.61 bits per heavy atom. The van der Waals surface area contributed by atoms with Gasteiger partial charge in [0.05, 0.1) is 22.9 Å². The minimum atomic E-state index is -0.963. The van der Waals surface area contributed by atoms with Crippen LogP contribution in [0.1, 0.15) is 22.2 Å². The van der Waals surface area contributed by atoms with Crippen molar-refractivity contribution in [3.05, 3.63) is 94.6 Å². The molecule has 1 unspecified atom stereocenters. The van der Waals surface area contributed by atoms with Crippen molar-refractivity contribution in [2.24, 2.45) is 0 Å². The summed E-state index contributed by atoms with van der Waals surface area (Å²) in [6, 6.07) is 8.95. The number of hydrogen-bond acceptors (Lipinski definition) is 5. The summed E-state index contributed by atoms with van der Waals surface area (Å²) >= 11 is 5.87. The van der Waals surface area contributed by atoms with Crippen LogP contribution in [0.25, 0.3) is 0 Å². The number of pyridine rings is 1. The molecule has 0 fully saturated rings. The second-order valence-corrected chi connectivity index (χ2v) is 6.43. The van der Waals surface area contributed by atoms with Gasteiger partial charge in [-0.05, 0) is 48.0 Å². The number of aromatic nitrogens is 1. The Kier molecular flexibility index (Phi) is 4.44. The molecule has 28 heavy (non-hydrogen) atoms. The Balaban J connectivity index is 1.89. The summed E-state index contributed by atoms with van der Waals surface area (Å²) in [5, 5.41) is 10.3. The summed E-state index contributed by atoms with van der Waals surface area (Å²) in [7, 11) is 0. The van der Waals surface area contributed by atoms with Crippen molar-refractivity contribution in [1.82, 2.24) is 4.98 Å². The smallest absolute Gasteiger partial charge is 0.294 e. The first-order valence-corrected chi connectivity index (χ1v) is 8.56. The SMILES string of the molecule is O=C(C1=C(O)C(=O)N(c2ccc(F)c(Cl)c2)C1c1ccncc1)c1ccco1. The van der Waals surface area contributed by atoms with Crippen molar-refractivity contribution >= 4 is 29.0 Å². The predicted molar refractivity (Wildman–Crippen MR) is 98.6 cm³/mol. The number of carbonyl (C=O) groups is 2. The summed E-state index contributed by atoms with van der Waals surface area (Å²) in [5.74, 6) is -2.81. The number of Topliss-reactive ketones (excluding diaryl/α,β-unsaturated/α-hetero) is 1. The fourth-order valence-electron chi connectivity index (χ4n) is 3.14. The molecule has 0 radical (unpaired) electrons. The van der Waals surface area contributed by atoms with Crippen LogP contribution in [0.3, 0.4) is 0 Å². The molecule has 0 aliphatic carbocycles. The van der Waals surface area contributed by atoms with Gasteiger partial charge in [0.15, 0.2) is 11.5 Å². The van der Waals surface area contributed by atoms with Crippen LogP contribution in [0.2, 0.25) is 5.02 Å². The van der Waals surface area contributed by atoms with Crippen molar-refractivity contribution in [1.29, 1.82) is 0 Å². The van der Waals surface area contributed by atoms with Gasteiger partial charge in [0.25, 0.3) is 5.91 Å². The van der Waals surface area contributed by atoms with Crippen molar-refractivity contribution in [2.45, 2.75) is 6.04 Å². The molecule has 1 N–H and O–H groups in total. The van der Waals surface area contributed by atoms with E-state index in [1.165, 1.54) is 47.8 Å². The highest BCUT2D eigenvalue weighted by Gasteiger charge is 2.45. The largest absolute Gasteiger partial charge is 0.503 e. The van der Waals surface area contributed by atoms with E-state index in [1.54, 1.807) is 12.1 Å². The van der Waals surface area contributed by atoms with E-state index in [2.05, 4.69) is 4.98 Å². The summed E-state index contributed by atoms with van der Waals surface area (Å²) < 4.78 is 18.7. The number of ketones is 1. The van der Waals surface area contributed by atoms with Crippen LogP contribution >= 0.6 is 11.6 Å². The van der Waals surface area contributed by atoms with Gasteiger partial charge < -0.3 is 9.52 Å². The van der Waals surface area contributed by atoms with Gasteiger partial charge in [0.2, 0.25) is 5.78 Å². The van der Waals surface area contributed by atoms with Gasteiger partial charge in [0, 0.05) is 18.1 Å². The molecule has 3 heterocycles. The maximum Gasteiger partial charge on any atom is 0.294 e. The van der Waals surface area contributed by atoms with E-state index >= 15 is 0 Å². The number of aliphatic hydroxyl groups is 1. The van der Waals surface area contributed by atoms with Crippen molar-refractivity contribution in [3.63, 3.8) is 0 Å². The molecule has 6 nitrogen and oxygen atoms in total. The van der Waals surface area contributed by atoms with Crippen LogP contribution in [-0.4, -0.2) is 21.8 Å². The number of benzene rings is 1. The molecule has 3 aromatic rings. The van der Waals surface area contributed by atoms with Crippen molar-refractivity contribution in [2.75, 3.05) is 4.90 Å². The normalized spacial score (nSPS) is 16.7. The lowest BCUT2D eigenvalue weighted by Crippen LogP contribution is -2.31. The van der Waals surface area contributed by atoms with Crippen LogP contribution in [0, 0.1) is 5.82 Å². The van der Waals surface area contributed by atoms with Crippen LogP contribution in [-0.2, 0) is 4.79 Å². The standard InChI is InChI=1S/C20H12ClFN2O4/c21-13-10-12(3-4-14(13)22)24-17(11-5-7-23-8-6-11)16(19(26)20(24)27)18(25)15-2-1-9-28-15/h1-10,17,26H. The third-order valence-electron chi connectivity index (χ3n) is 4.40. The Hall–Kier alpha value is -3.45. The second-order valence-electron chi connectivity index (χ2n) is 6.03. The van der Waals surface area contributed by atoms with E-state index in [1.807, 2.05) is 0 Å². The zero-order chi connectivity index (χ0) is 19.8. The van der Waals surface area contributed by atoms with Crippen molar-refractivity contribution in [3.8, 4) is 0 Å². The summed E-state index contributed by atoms with van der Waals surface area (Å²) in [5.41, 5.74) is 0.612. The molecule has 140 valence electrons. The molecule has 1 aliphatic rings. The fraction of sp³-hybridized carbons (Fsp3) is 0.0500. The van der Waals surface area contributed by atoms with E-state index in [0.717, 1.165) is 6.07 Å². The molecule has 0 spiro atoms. The van der Waals surface area contributed by atoms with E-state index in [4.69, 9.17) is 16.0 Å². The predicted octanol–water partition coefficient (Wildman–Crippen LogP) is 4.25. The molecule has 4 rings (SSSR count). The first-order valence-electron chi connectivity index (χ1n) is 8.19. The summed E-state index contributed by atoms with van der Waals surface area (Å²) in [4.78, 5) is 30.9. The third kappa shape index (κ3) is 2.86. The van der Waals surface area contributed by atoms with E-state index in [0.29, 0.717) is 5.56 Å². The van der Waals surface area contributed by atoms with Gasteiger partial charge in [0.1, 0.15) is 5.82 Å². The zero-order valence-electron chi connectivity index (χ0n) is 14.2. The molecule has 1 atom stereocenters. The van der Waals surface area contributed by atoms with Crippen molar-refractivity contribution < 1.29 is 23.5 Å². The Morgan fingerprint density at radius 2 is 1.96 bits per heavy atom. The average Bonchev–Trinajstić information content (AvgIpc) is 3.32. The molecule has 0 saturated carbocycles. The number of carbonyl (C=O) groups excluding carboxylic acids is 2. The van der Waals surface area contributed by atoms with Gasteiger partial charge in [-0.3, -0.25) is 19.5 Å². The number of nitrogens with zero attached hydrogens (tertiary/aromatic N) is 2. The first-order chi connectivity index (χ1) is 13.5. The lowest BCUT2D eigenvalue weighted by molar-refractivity contribution is -0.117. The number of rotatable bonds is 4. The van der Waals surface area contributed by atoms with E-state index in [9.17, 15) is 19.1 Å². The minimum absolute atomic E-state index is 0.0209. The fourth-order valence-corrected chi connectivity index (χ4v) is 3.31. The zero-order valence-corrected chi connectivity index (χ0v) is 14.9. The molecule has 8 heteroatoms. The number of anilines is 1. The molecule has 0 saturated heterocycles. The van der Waals surface area contributed by atoms with Gasteiger partial charge in [-0.25, -0.2) is 4.39 Å². The van der Waals surface area contributed by atoms with Crippen LogP contribution in [0.15, 0.2) is 76.9 Å². The number of hydrogen-bond donors (Lipinski definition) is 1. The number of aliphatic hydroxyl groups excluding tert-OH is 1. The Labute approximate surface area is 163 Å². The maximum atomic E-state index is 13.6. The van der Waals surface area contributed by atoms with Gasteiger partial charge in [-0.15, -0.1) is 0 Å². The molecule has 1 aliphatic heterocycles. The first kappa shape index (κ1) is 17.9. The molecule has 0 bridgehead atoms. The molecule has 2 aromatic heterocycles. The van der Waals surface area contributed by atoms with E-state index < -0.39 is 29.3 Å². The summed E-state index contributed by atoms with van der Waals surface area (Å²) in [6.07, 6.45) is 4.32. The average molecular weight is 399 g/mol. The minimum Gasteiger partial charge on any atom is -0.503 e. The quantitative estimate of drug-likeness (QED) is 0.664. The van der Waals surface area contributed by atoms with Crippen LogP contribution in [0.5, 0.6) is 0 Å². The Bertz CT molecular complexity index is 1100. The lowest BCUT2D eigenvalue weighted by atomic mass is 9.95. The molecule has 1 aromatic carbocycles.